The zero-order valence-electron chi connectivity index (χ0n) is 9.74. The van der Waals surface area contributed by atoms with Gasteiger partial charge in [-0.1, -0.05) is 41.5 Å². The van der Waals surface area contributed by atoms with Gasteiger partial charge in [0, 0.05) is 5.75 Å². The molecule has 1 aromatic carbocycles. The Labute approximate surface area is 131 Å². The quantitative estimate of drug-likeness (QED) is 0.726. The van der Waals surface area contributed by atoms with Crippen LogP contribution in [0.1, 0.15) is 5.56 Å². The summed E-state index contributed by atoms with van der Waals surface area (Å²) in [4.78, 5) is 0. The predicted octanol–water partition coefficient (Wildman–Crippen LogP) is 4.64. The lowest BCUT2D eigenvalue weighted by molar-refractivity contribution is 0.133. The van der Waals surface area contributed by atoms with Crippen LogP contribution in [0.4, 0.5) is 0 Å². The van der Waals surface area contributed by atoms with Crippen molar-refractivity contribution in [1.82, 2.24) is 0 Å². The van der Waals surface area contributed by atoms with E-state index in [4.69, 9.17) is 40.2 Å². The molecule has 1 heterocycles. The van der Waals surface area contributed by atoms with Crippen LogP contribution in [-0.4, -0.2) is 29.4 Å². The van der Waals surface area contributed by atoms with Crippen molar-refractivity contribution in [3.05, 3.63) is 33.8 Å². The maximum Gasteiger partial charge on any atom is 0.105 e. The van der Waals surface area contributed by atoms with Crippen LogP contribution in [0.3, 0.4) is 0 Å². The summed E-state index contributed by atoms with van der Waals surface area (Å²) in [7, 11) is 0. The van der Waals surface area contributed by atoms with Crippen LogP contribution in [0.25, 0.3) is 0 Å². The summed E-state index contributed by atoms with van der Waals surface area (Å²) < 4.78 is 6.27. The molecule has 2 rings (SSSR count). The van der Waals surface area contributed by atoms with E-state index in [2.05, 4.69) is 0 Å². The molecule has 1 atom stereocenters. The lowest BCUT2D eigenvalue weighted by atomic mass is 10.0. The highest BCUT2D eigenvalue weighted by molar-refractivity contribution is 8.24. The number of thiocarbonyl (C=S) groups is 1. The molecular weight excluding hydrogens is 327 g/mol. The van der Waals surface area contributed by atoms with Crippen LogP contribution in [-0.2, 0) is 9.48 Å². The largest absolute Gasteiger partial charge is 0.378 e. The molecule has 18 heavy (non-hydrogen) atoms. The van der Waals surface area contributed by atoms with Gasteiger partial charge in [0.25, 0.3) is 0 Å². The molecule has 0 radical (unpaired) electrons. The first-order valence-electron chi connectivity index (χ1n) is 5.36. The van der Waals surface area contributed by atoms with Crippen LogP contribution in [0.2, 0.25) is 10.0 Å². The highest BCUT2D eigenvalue weighted by Gasteiger charge is 2.40. The Hall–Kier alpha value is 0.550. The van der Waals surface area contributed by atoms with Gasteiger partial charge in [-0.15, -0.1) is 23.5 Å². The topological polar surface area (TPSA) is 9.23 Å². The predicted molar refractivity (Wildman–Crippen MR) is 87.5 cm³/mol. The van der Waals surface area contributed by atoms with Gasteiger partial charge in [0.1, 0.15) is 4.75 Å². The first-order chi connectivity index (χ1) is 8.60. The molecule has 0 amide bonds. The normalized spacial score (nSPS) is 23.9. The van der Waals surface area contributed by atoms with Crippen molar-refractivity contribution >= 4 is 63.1 Å². The fraction of sp³-hybridized carbons (Fsp3) is 0.417. The average Bonchev–Trinajstić information content (AvgIpc) is 2.41. The fourth-order valence-electron chi connectivity index (χ4n) is 1.85. The van der Waals surface area contributed by atoms with Crippen molar-refractivity contribution in [3.63, 3.8) is 0 Å². The summed E-state index contributed by atoms with van der Waals surface area (Å²) >= 11 is 21.0. The fourth-order valence-corrected chi connectivity index (χ4v) is 4.56. The Morgan fingerprint density at radius 2 is 2.22 bits per heavy atom. The Balaban J connectivity index is 2.45. The highest BCUT2D eigenvalue weighted by Crippen LogP contribution is 2.44. The van der Waals surface area contributed by atoms with Crippen LogP contribution in [0.15, 0.2) is 18.2 Å². The molecule has 1 aliphatic rings. The number of halogens is 2. The minimum atomic E-state index is -0.290. The van der Waals surface area contributed by atoms with E-state index in [9.17, 15) is 0 Å². The van der Waals surface area contributed by atoms with Gasteiger partial charge in [-0.25, -0.2) is 0 Å². The minimum Gasteiger partial charge on any atom is -0.378 e. The number of rotatable bonds is 2. The lowest BCUT2D eigenvalue weighted by Gasteiger charge is -2.37. The van der Waals surface area contributed by atoms with E-state index in [0.29, 0.717) is 16.7 Å². The van der Waals surface area contributed by atoms with Crippen LogP contribution < -0.4 is 0 Å². The third kappa shape index (κ3) is 2.84. The number of hydrogen-bond donors (Lipinski definition) is 0. The minimum absolute atomic E-state index is 0.290. The zero-order valence-corrected chi connectivity index (χ0v) is 13.7. The monoisotopic (exact) mass is 338 g/mol. The Morgan fingerprint density at radius 3 is 2.78 bits per heavy atom. The summed E-state index contributed by atoms with van der Waals surface area (Å²) in [6.45, 7) is 1.36. The van der Waals surface area contributed by atoms with Gasteiger partial charge in [-0.3, -0.25) is 0 Å². The highest BCUT2D eigenvalue weighted by atomic mass is 35.5. The van der Waals surface area contributed by atoms with Crippen molar-refractivity contribution in [1.29, 1.82) is 0 Å². The van der Waals surface area contributed by atoms with Crippen LogP contribution in [0.5, 0.6) is 0 Å². The third-order valence-electron chi connectivity index (χ3n) is 2.78. The van der Waals surface area contributed by atoms with Gasteiger partial charge in [0.15, 0.2) is 0 Å². The summed E-state index contributed by atoms with van der Waals surface area (Å²) in [6.07, 6.45) is 2.00. The standard InChI is InChI=1S/C12H12Cl2OS3/c1-17-11(16)12(7-15-4-5-18-12)8-2-3-9(13)10(14)6-8/h2-3,6H,4-5,7H2,1H3. The summed E-state index contributed by atoms with van der Waals surface area (Å²) in [5, 5.41) is 1.12. The van der Waals surface area contributed by atoms with Gasteiger partial charge in [-0.05, 0) is 24.0 Å². The smallest absolute Gasteiger partial charge is 0.105 e. The molecule has 0 aromatic heterocycles. The van der Waals surface area contributed by atoms with E-state index in [-0.39, 0.29) is 4.75 Å². The zero-order chi connectivity index (χ0) is 13.2. The van der Waals surface area contributed by atoms with Crippen LogP contribution >= 0.6 is 58.9 Å². The van der Waals surface area contributed by atoms with Gasteiger partial charge in [0.2, 0.25) is 0 Å². The molecule has 98 valence electrons. The van der Waals surface area contributed by atoms with Gasteiger partial charge in [0.05, 0.1) is 27.5 Å². The molecule has 1 aliphatic heterocycles. The van der Waals surface area contributed by atoms with Crippen molar-refractivity contribution in [3.8, 4) is 0 Å². The molecule has 6 heteroatoms. The molecule has 1 saturated heterocycles. The maximum absolute atomic E-state index is 6.11. The van der Waals surface area contributed by atoms with E-state index >= 15 is 0 Å². The number of ether oxygens (including phenoxy) is 1. The summed E-state index contributed by atoms with van der Waals surface area (Å²) in [6, 6.07) is 5.70. The van der Waals surface area contributed by atoms with E-state index in [1.807, 2.05) is 36.2 Å². The molecule has 0 saturated carbocycles. The molecule has 0 aliphatic carbocycles. The molecule has 1 unspecified atom stereocenters. The Morgan fingerprint density at radius 1 is 1.44 bits per heavy atom. The third-order valence-corrected chi connectivity index (χ3v) is 6.77. The van der Waals surface area contributed by atoms with Crippen molar-refractivity contribution in [2.75, 3.05) is 25.2 Å². The van der Waals surface area contributed by atoms with E-state index in [1.54, 1.807) is 11.8 Å². The van der Waals surface area contributed by atoms with Crippen LogP contribution in [0, 0.1) is 0 Å². The summed E-state index contributed by atoms with van der Waals surface area (Å²) in [5.41, 5.74) is 1.07. The van der Waals surface area contributed by atoms with E-state index in [1.165, 1.54) is 0 Å². The number of benzene rings is 1. The number of thioether (sulfide) groups is 2. The van der Waals surface area contributed by atoms with E-state index < -0.39 is 0 Å². The van der Waals surface area contributed by atoms with Gasteiger partial charge < -0.3 is 4.74 Å². The summed E-state index contributed by atoms with van der Waals surface area (Å²) in [5.74, 6) is 0.931. The lowest BCUT2D eigenvalue weighted by Crippen LogP contribution is -2.38. The Bertz CT molecular complexity index is 459. The SMILES string of the molecule is CSC(=S)C1(c2ccc(Cl)c(Cl)c2)COCCS1. The second-order valence-electron chi connectivity index (χ2n) is 3.85. The molecule has 0 N–H and O–H groups in total. The van der Waals surface area contributed by atoms with Crippen molar-refractivity contribution in [2.45, 2.75) is 4.75 Å². The first kappa shape index (κ1) is 14.9. The molecular formula is C12H12Cl2OS3. The Kier molecular flexibility index (Phi) is 5.26. The van der Waals surface area contributed by atoms with Crippen molar-refractivity contribution < 1.29 is 4.74 Å². The molecule has 1 nitrogen and oxygen atoms in total. The molecule has 1 fully saturated rings. The molecule has 0 spiro atoms. The molecule has 0 bridgehead atoms. The van der Waals surface area contributed by atoms with Gasteiger partial charge in [-0.2, -0.15) is 0 Å². The second-order valence-corrected chi connectivity index (χ2v) is 7.54. The number of hydrogen-bond acceptors (Lipinski definition) is 4. The maximum atomic E-state index is 6.11. The average molecular weight is 339 g/mol. The second kappa shape index (κ2) is 6.33. The van der Waals surface area contributed by atoms with Gasteiger partial charge >= 0.3 is 0 Å². The molecule has 1 aromatic rings. The van der Waals surface area contributed by atoms with E-state index in [0.717, 1.165) is 22.1 Å². The first-order valence-corrected chi connectivity index (χ1v) is 8.73. The van der Waals surface area contributed by atoms with Crippen molar-refractivity contribution in [2.24, 2.45) is 0 Å².